The number of nitrogens with zero attached hydrogens (tertiary/aromatic N) is 1. The van der Waals surface area contributed by atoms with Gasteiger partial charge in [0, 0.05) is 6.07 Å². The lowest BCUT2D eigenvalue weighted by molar-refractivity contribution is -0.385. The molecule has 1 atom stereocenters. The largest absolute Gasteiger partial charge is 0.479 e. The lowest BCUT2D eigenvalue weighted by Crippen LogP contribution is -2.12. The molecule has 86 valence electrons. The summed E-state index contributed by atoms with van der Waals surface area (Å²) in [5.74, 6) is -1.40. The number of nitro groups is 1. The standard InChI is InChI=1S/C9H8BrNO5/c1-4-5(8(12)9(13)14)2-3-6(7(4)10)11(15)16/h2-3,8,12H,1H3,(H,13,14). The quantitative estimate of drug-likeness (QED) is 0.652. The fourth-order valence-corrected chi connectivity index (χ4v) is 1.76. The Labute approximate surface area is 98.8 Å². The highest BCUT2D eigenvalue weighted by Gasteiger charge is 2.23. The minimum Gasteiger partial charge on any atom is -0.479 e. The molecule has 0 fully saturated rings. The van der Waals surface area contributed by atoms with E-state index in [4.69, 9.17) is 5.11 Å². The van der Waals surface area contributed by atoms with Gasteiger partial charge in [0.2, 0.25) is 0 Å². The maximum atomic E-state index is 10.6. The Bertz CT molecular complexity index is 459. The highest BCUT2D eigenvalue weighted by molar-refractivity contribution is 9.10. The first-order chi connectivity index (χ1) is 7.36. The molecule has 0 spiro atoms. The predicted molar refractivity (Wildman–Crippen MR) is 58.1 cm³/mol. The van der Waals surface area contributed by atoms with Crippen LogP contribution in [0.3, 0.4) is 0 Å². The summed E-state index contributed by atoms with van der Waals surface area (Å²) in [4.78, 5) is 20.6. The van der Waals surface area contributed by atoms with Crippen molar-refractivity contribution in [2.45, 2.75) is 13.0 Å². The van der Waals surface area contributed by atoms with Crippen LogP contribution < -0.4 is 0 Å². The fraction of sp³-hybridized carbons (Fsp3) is 0.222. The van der Waals surface area contributed by atoms with Crippen LogP contribution in [0.25, 0.3) is 0 Å². The second kappa shape index (κ2) is 4.58. The Hall–Kier alpha value is -1.47. The van der Waals surface area contributed by atoms with Crippen LogP contribution in [-0.4, -0.2) is 21.1 Å². The van der Waals surface area contributed by atoms with Crippen LogP contribution in [0, 0.1) is 17.0 Å². The molecule has 0 saturated heterocycles. The Morgan fingerprint density at radius 1 is 1.56 bits per heavy atom. The van der Waals surface area contributed by atoms with E-state index in [0.29, 0.717) is 5.56 Å². The molecular weight excluding hydrogens is 282 g/mol. The smallest absolute Gasteiger partial charge is 0.337 e. The number of aliphatic hydroxyl groups excluding tert-OH is 1. The van der Waals surface area contributed by atoms with Gasteiger partial charge in [0.25, 0.3) is 5.69 Å². The molecule has 1 aromatic rings. The first-order valence-corrected chi connectivity index (χ1v) is 4.99. The van der Waals surface area contributed by atoms with E-state index in [-0.39, 0.29) is 15.7 Å². The van der Waals surface area contributed by atoms with Crippen LogP contribution in [0.4, 0.5) is 5.69 Å². The van der Waals surface area contributed by atoms with E-state index in [1.807, 2.05) is 0 Å². The average molecular weight is 290 g/mol. The molecule has 0 heterocycles. The SMILES string of the molecule is Cc1c(C(O)C(=O)O)ccc([N+](=O)[O-])c1Br. The highest BCUT2D eigenvalue weighted by atomic mass is 79.9. The number of aliphatic hydroxyl groups is 1. The third-order valence-corrected chi connectivity index (χ3v) is 3.13. The number of carboxylic acids is 1. The summed E-state index contributed by atoms with van der Waals surface area (Å²) in [7, 11) is 0. The van der Waals surface area contributed by atoms with Crippen molar-refractivity contribution in [3.8, 4) is 0 Å². The minimum atomic E-state index is -1.68. The molecule has 0 aliphatic rings. The number of hydrogen-bond acceptors (Lipinski definition) is 4. The molecule has 7 heteroatoms. The summed E-state index contributed by atoms with van der Waals surface area (Å²) in [6.45, 7) is 1.50. The number of hydrogen-bond donors (Lipinski definition) is 2. The molecule has 1 aromatic carbocycles. The van der Waals surface area contributed by atoms with Gasteiger partial charge < -0.3 is 10.2 Å². The van der Waals surface area contributed by atoms with Gasteiger partial charge in [-0.25, -0.2) is 4.79 Å². The van der Waals surface area contributed by atoms with E-state index in [1.54, 1.807) is 0 Å². The van der Waals surface area contributed by atoms with E-state index in [2.05, 4.69) is 15.9 Å². The summed E-state index contributed by atoms with van der Waals surface area (Å²) in [6.07, 6.45) is -1.68. The first kappa shape index (κ1) is 12.6. The Balaban J connectivity index is 3.32. The van der Waals surface area contributed by atoms with Gasteiger partial charge in [0.05, 0.1) is 9.40 Å². The van der Waals surface area contributed by atoms with E-state index in [1.165, 1.54) is 13.0 Å². The zero-order valence-electron chi connectivity index (χ0n) is 8.18. The topological polar surface area (TPSA) is 101 Å². The van der Waals surface area contributed by atoms with Crippen LogP contribution >= 0.6 is 15.9 Å². The molecule has 1 unspecified atom stereocenters. The number of benzene rings is 1. The van der Waals surface area contributed by atoms with Gasteiger partial charge >= 0.3 is 5.97 Å². The minimum absolute atomic E-state index is 0.130. The second-order valence-electron chi connectivity index (χ2n) is 3.11. The van der Waals surface area contributed by atoms with Gasteiger partial charge in [-0.15, -0.1) is 0 Å². The van der Waals surface area contributed by atoms with Crippen molar-refractivity contribution in [1.82, 2.24) is 0 Å². The molecule has 0 bridgehead atoms. The summed E-state index contributed by atoms with van der Waals surface area (Å²) >= 11 is 3.00. The normalized spacial score (nSPS) is 12.2. The summed E-state index contributed by atoms with van der Waals surface area (Å²) in [5, 5.41) is 28.6. The summed E-state index contributed by atoms with van der Waals surface area (Å²) in [5.41, 5.74) is 0.299. The van der Waals surface area contributed by atoms with Crippen molar-refractivity contribution < 1.29 is 19.9 Å². The number of nitro benzene ring substituents is 1. The van der Waals surface area contributed by atoms with Gasteiger partial charge in [-0.2, -0.15) is 0 Å². The van der Waals surface area contributed by atoms with Gasteiger partial charge in [-0.1, -0.05) is 0 Å². The van der Waals surface area contributed by atoms with Crippen molar-refractivity contribution in [2.24, 2.45) is 0 Å². The molecule has 2 N–H and O–H groups in total. The first-order valence-electron chi connectivity index (χ1n) is 4.20. The van der Waals surface area contributed by atoms with E-state index in [0.717, 1.165) is 6.07 Å². The van der Waals surface area contributed by atoms with Gasteiger partial charge in [-0.05, 0) is 40.0 Å². The van der Waals surface area contributed by atoms with Gasteiger partial charge in [-0.3, -0.25) is 10.1 Å². The molecule has 0 aliphatic carbocycles. The lowest BCUT2D eigenvalue weighted by atomic mass is 10.0. The average Bonchev–Trinajstić information content (AvgIpc) is 2.20. The van der Waals surface area contributed by atoms with Crippen LogP contribution in [0.2, 0.25) is 0 Å². The Kier molecular flexibility index (Phi) is 3.61. The number of halogens is 1. The van der Waals surface area contributed by atoms with Gasteiger partial charge in [0.15, 0.2) is 6.10 Å². The third-order valence-electron chi connectivity index (χ3n) is 2.13. The lowest BCUT2D eigenvalue weighted by Gasteiger charge is -2.10. The van der Waals surface area contributed by atoms with Crippen molar-refractivity contribution in [3.05, 3.63) is 37.8 Å². The van der Waals surface area contributed by atoms with Crippen molar-refractivity contribution >= 4 is 27.6 Å². The molecule has 0 aliphatic heterocycles. The Morgan fingerprint density at radius 2 is 2.12 bits per heavy atom. The molecule has 0 saturated carbocycles. The van der Waals surface area contributed by atoms with Crippen molar-refractivity contribution in [2.75, 3.05) is 0 Å². The molecule has 0 amide bonds. The molecular formula is C9H8BrNO5. The number of carboxylic acid groups (broad SMARTS) is 1. The Morgan fingerprint density at radius 3 is 2.56 bits per heavy atom. The van der Waals surface area contributed by atoms with Crippen LogP contribution in [0.1, 0.15) is 17.2 Å². The highest BCUT2D eigenvalue weighted by Crippen LogP contribution is 2.32. The summed E-state index contributed by atoms with van der Waals surface area (Å²) < 4.78 is 0.176. The molecule has 0 aromatic heterocycles. The zero-order valence-corrected chi connectivity index (χ0v) is 9.76. The monoisotopic (exact) mass is 289 g/mol. The molecule has 1 rings (SSSR count). The van der Waals surface area contributed by atoms with Crippen LogP contribution in [0.5, 0.6) is 0 Å². The van der Waals surface area contributed by atoms with E-state index >= 15 is 0 Å². The van der Waals surface area contributed by atoms with Crippen LogP contribution in [0.15, 0.2) is 16.6 Å². The molecule has 6 nitrogen and oxygen atoms in total. The van der Waals surface area contributed by atoms with Crippen molar-refractivity contribution in [3.63, 3.8) is 0 Å². The van der Waals surface area contributed by atoms with Gasteiger partial charge in [0.1, 0.15) is 0 Å². The molecule has 16 heavy (non-hydrogen) atoms. The number of rotatable bonds is 3. The maximum absolute atomic E-state index is 10.6. The van der Waals surface area contributed by atoms with E-state index in [9.17, 15) is 20.0 Å². The third kappa shape index (κ3) is 2.20. The zero-order chi connectivity index (χ0) is 12.5. The van der Waals surface area contributed by atoms with Crippen molar-refractivity contribution in [1.29, 1.82) is 0 Å². The number of aliphatic carboxylic acids is 1. The summed E-state index contributed by atoms with van der Waals surface area (Å²) in [6, 6.07) is 2.38. The second-order valence-corrected chi connectivity index (χ2v) is 3.90. The van der Waals surface area contributed by atoms with E-state index < -0.39 is 17.0 Å². The van der Waals surface area contributed by atoms with Crippen LogP contribution in [-0.2, 0) is 4.79 Å². The predicted octanol–water partition coefficient (Wildman–Crippen LogP) is 1.78. The number of carbonyl (C=O) groups is 1. The maximum Gasteiger partial charge on any atom is 0.337 e. The molecule has 0 radical (unpaired) electrons. The fourth-order valence-electron chi connectivity index (χ4n) is 1.26.